The summed E-state index contributed by atoms with van der Waals surface area (Å²) in [4.78, 5) is 0. The van der Waals surface area contributed by atoms with Crippen LogP contribution in [0.1, 0.15) is 25.7 Å². The first-order chi connectivity index (χ1) is 5.87. The molecule has 0 aromatic carbocycles. The molecule has 66 valence electrons. The second kappa shape index (κ2) is 2.86. The van der Waals surface area contributed by atoms with Gasteiger partial charge in [-0.1, -0.05) is 18.1 Å². The summed E-state index contributed by atoms with van der Waals surface area (Å²) in [7, 11) is 0. The largest absolute Gasteiger partial charge is 0.394 e. The molecular weight excluding hydrogens is 154 g/mol. The van der Waals surface area contributed by atoms with E-state index >= 15 is 0 Å². The number of aliphatic hydroxyl groups is 1. The lowest BCUT2D eigenvalue weighted by atomic mass is 10.00. The van der Waals surface area contributed by atoms with Gasteiger partial charge in [-0.2, -0.15) is 0 Å². The Hall–Kier alpha value is -0.900. The van der Waals surface area contributed by atoms with Crippen molar-refractivity contribution in [3.05, 3.63) is 12.4 Å². The van der Waals surface area contributed by atoms with E-state index in [4.69, 9.17) is 0 Å². The molecule has 1 heterocycles. The van der Waals surface area contributed by atoms with Gasteiger partial charge in [0, 0.05) is 6.20 Å². The molecule has 1 aliphatic rings. The monoisotopic (exact) mass is 167 g/mol. The highest BCUT2D eigenvalue weighted by Crippen LogP contribution is 2.35. The molecule has 0 unspecified atom stereocenters. The second-order valence-corrected chi connectivity index (χ2v) is 3.44. The first kappa shape index (κ1) is 7.73. The fraction of sp³-hybridized carbons (Fsp3) is 0.750. The molecule has 12 heavy (non-hydrogen) atoms. The third-order valence-electron chi connectivity index (χ3n) is 2.74. The molecule has 0 radical (unpaired) electrons. The minimum absolute atomic E-state index is 0.142. The standard InChI is InChI=1S/C8H13N3O/c12-7-8(3-1-2-4-8)11-6-5-9-10-11/h5-6,12H,1-4,7H2. The Morgan fingerprint density at radius 1 is 1.42 bits per heavy atom. The molecule has 0 spiro atoms. The lowest BCUT2D eigenvalue weighted by Crippen LogP contribution is -2.34. The van der Waals surface area contributed by atoms with Gasteiger partial charge in [0.2, 0.25) is 0 Å². The average molecular weight is 167 g/mol. The zero-order valence-electron chi connectivity index (χ0n) is 6.98. The zero-order chi connectivity index (χ0) is 8.44. The van der Waals surface area contributed by atoms with Gasteiger partial charge in [0.1, 0.15) is 0 Å². The highest BCUT2D eigenvalue weighted by molar-refractivity contribution is 4.90. The van der Waals surface area contributed by atoms with Gasteiger partial charge in [0.25, 0.3) is 0 Å². The Bertz CT molecular complexity index is 239. The van der Waals surface area contributed by atoms with Crippen LogP contribution in [0, 0.1) is 0 Å². The number of nitrogens with zero attached hydrogens (tertiary/aromatic N) is 3. The predicted molar refractivity (Wildman–Crippen MR) is 43.5 cm³/mol. The first-order valence-electron chi connectivity index (χ1n) is 4.35. The topological polar surface area (TPSA) is 50.9 Å². The minimum Gasteiger partial charge on any atom is -0.394 e. The number of aliphatic hydroxyl groups excluding tert-OH is 1. The summed E-state index contributed by atoms with van der Waals surface area (Å²) in [5.74, 6) is 0. The fourth-order valence-corrected chi connectivity index (χ4v) is 1.95. The van der Waals surface area contributed by atoms with Gasteiger partial charge >= 0.3 is 0 Å². The van der Waals surface area contributed by atoms with Crippen LogP contribution in [0.5, 0.6) is 0 Å². The van der Waals surface area contributed by atoms with Crippen LogP contribution in [0.25, 0.3) is 0 Å². The molecule has 1 fully saturated rings. The van der Waals surface area contributed by atoms with Crippen LogP contribution in [0.4, 0.5) is 0 Å². The Kier molecular flexibility index (Phi) is 1.84. The van der Waals surface area contributed by atoms with Crippen molar-refractivity contribution in [1.29, 1.82) is 0 Å². The van der Waals surface area contributed by atoms with Crippen molar-refractivity contribution in [2.45, 2.75) is 31.2 Å². The Morgan fingerprint density at radius 3 is 2.67 bits per heavy atom. The lowest BCUT2D eigenvalue weighted by Gasteiger charge is -2.25. The van der Waals surface area contributed by atoms with E-state index in [0.29, 0.717) is 0 Å². The van der Waals surface area contributed by atoms with Gasteiger partial charge in [0.15, 0.2) is 0 Å². The van der Waals surface area contributed by atoms with Crippen LogP contribution in [0.15, 0.2) is 12.4 Å². The molecule has 0 atom stereocenters. The maximum atomic E-state index is 9.30. The summed E-state index contributed by atoms with van der Waals surface area (Å²) >= 11 is 0. The van der Waals surface area contributed by atoms with Gasteiger partial charge < -0.3 is 5.11 Å². The van der Waals surface area contributed by atoms with Crippen molar-refractivity contribution in [3.63, 3.8) is 0 Å². The SMILES string of the molecule is OCC1(n2ccnn2)CCCC1. The molecule has 2 rings (SSSR count). The average Bonchev–Trinajstić information content (AvgIpc) is 2.76. The van der Waals surface area contributed by atoms with E-state index in [-0.39, 0.29) is 12.1 Å². The molecule has 4 heteroatoms. The number of rotatable bonds is 2. The highest BCUT2D eigenvalue weighted by atomic mass is 16.3. The van der Waals surface area contributed by atoms with Crippen LogP contribution in [0.2, 0.25) is 0 Å². The van der Waals surface area contributed by atoms with Crippen LogP contribution in [-0.2, 0) is 5.54 Å². The summed E-state index contributed by atoms with van der Waals surface area (Å²) in [6.07, 6.45) is 7.90. The summed E-state index contributed by atoms with van der Waals surface area (Å²) in [6.45, 7) is 0.177. The number of hydrogen-bond acceptors (Lipinski definition) is 3. The van der Waals surface area contributed by atoms with Crippen LogP contribution in [-0.4, -0.2) is 26.7 Å². The van der Waals surface area contributed by atoms with E-state index in [2.05, 4.69) is 10.3 Å². The van der Waals surface area contributed by atoms with Gasteiger partial charge in [0.05, 0.1) is 18.3 Å². The molecule has 1 aromatic rings. The maximum Gasteiger partial charge on any atom is 0.0874 e. The fourth-order valence-electron chi connectivity index (χ4n) is 1.95. The normalized spacial score (nSPS) is 21.4. The molecule has 1 aliphatic carbocycles. The van der Waals surface area contributed by atoms with Crippen LogP contribution in [0.3, 0.4) is 0 Å². The van der Waals surface area contributed by atoms with Crippen molar-refractivity contribution in [1.82, 2.24) is 15.0 Å². The number of aromatic nitrogens is 3. The quantitative estimate of drug-likeness (QED) is 0.699. The van der Waals surface area contributed by atoms with Gasteiger partial charge in [-0.3, -0.25) is 0 Å². The van der Waals surface area contributed by atoms with Gasteiger partial charge in [-0.15, -0.1) is 5.10 Å². The molecule has 1 saturated carbocycles. The molecule has 1 aromatic heterocycles. The molecule has 0 aliphatic heterocycles. The van der Waals surface area contributed by atoms with Crippen LogP contribution >= 0.6 is 0 Å². The Morgan fingerprint density at radius 2 is 2.17 bits per heavy atom. The summed E-state index contributed by atoms with van der Waals surface area (Å²) in [6, 6.07) is 0. The smallest absolute Gasteiger partial charge is 0.0874 e. The molecular formula is C8H13N3O. The minimum atomic E-state index is -0.142. The van der Waals surface area contributed by atoms with E-state index in [1.165, 1.54) is 12.8 Å². The molecule has 0 bridgehead atoms. The third kappa shape index (κ3) is 1.03. The van der Waals surface area contributed by atoms with Crippen molar-refractivity contribution in [2.75, 3.05) is 6.61 Å². The predicted octanol–water partition coefficient (Wildman–Crippen LogP) is 0.540. The first-order valence-corrected chi connectivity index (χ1v) is 4.35. The van der Waals surface area contributed by atoms with Crippen molar-refractivity contribution < 1.29 is 5.11 Å². The Balaban J connectivity index is 2.28. The van der Waals surface area contributed by atoms with Crippen molar-refractivity contribution >= 4 is 0 Å². The molecule has 4 nitrogen and oxygen atoms in total. The van der Waals surface area contributed by atoms with Crippen molar-refractivity contribution in [3.8, 4) is 0 Å². The van der Waals surface area contributed by atoms with E-state index in [9.17, 15) is 5.11 Å². The van der Waals surface area contributed by atoms with Gasteiger partial charge in [-0.05, 0) is 12.8 Å². The van der Waals surface area contributed by atoms with E-state index in [1.807, 2.05) is 6.20 Å². The Labute approximate surface area is 71.2 Å². The second-order valence-electron chi connectivity index (χ2n) is 3.44. The molecule has 0 saturated heterocycles. The zero-order valence-corrected chi connectivity index (χ0v) is 6.98. The highest BCUT2D eigenvalue weighted by Gasteiger charge is 2.35. The summed E-state index contributed by atoms with van der Waals surface area (Å²) in [5, 5.41) is 17.0. The summed E-state index contributed by atoms with van der Waals surface area (Å²) < 4.78 is 1.81. The third-order valence-corrected chi connectivity index (χ3v) is 2.74. The van der Waals surface area contributed by atoms with Gasteiger partial charge in [-0.25, -0.2) is 4.68 Å². The van der Waals surface area contributed by atoms with E-state index in [0.717, 1.165) is 12.8 Å². The van der Waals surface area contributed by atoms with E-state index < -0.39 is 0 Å². The summed E-state index contributed by atoms with van der Waals surface area (Å²) in [5.41, 5.74) is -0.142. The van der Waals surface area contributed by atoms with Crippen LogP contribution < -0.4 is 0 Å². The molecule has 0 amide bonds. The maximum absolute atomic E-state index is 9.30. The van der Waals surface area contributed by atoms with Crippen molar-refractivity contribution in [2.24, 2.45) is 0 Å². The molecule has 1 N–H and O–H groups in total. The number of hydrogen-bond donors (Lipinski definition) is 1. The lowest BCUT2D eigenvalue weighted by molar-refractivity contribution is 0.122. The van der Waals surface area contributed by atoms with E-state index in [1.54, 1.807) is 10.9 Å².